The second-order valence-corrected chi connectivity index (χ2v) is 15.0. The number of rotatable bonds is 12. The highest BCUT2D eigenvalue weighted by Gasteiger charge is 2.47. The van der Waals surface area contributed by atoms with Crippen LogP contribution in [0.3, 0.4) is 0 Å². The highest BCUT2D eigenvalue weighted by atomic mass is 19.1. The van der Waals surface area contributed by atoms with Crippen molar-refractivity contribution >= 4 is 23.6 Å². The van der Waals surface area contributed by atoms with Gasteiger partial charge in [0.1, 0.15) is 12.4 Å². The fourth-order valence-corrected chi connectivity index (χ4v) is 7.61. The van der Waals surface area contributed by atoms with Crippen LogP contribution in [0, 0.1) is 5.82 Å². The van der Waals surface area contributed by atoms with E-state index in [2.05, 4.69) is 46.2 Å². The molecule has 53 heavy (non-hydrogen) atoms. The van der Waals surface area contributed by atoms with E-state index in [1.54, 1.807) is 17.0 Å². The Bertz CT molecular complexity index is 1730. The number of hydrogen-bond donors (Lipinski definition) is 2. The summed E-state index contributed by atoms with van der Waals surface area (Å²) < 4.78 is 24.6. The van der Waals surface area contributed by atoms with Gasteiger partial charge in [0, 0.05) is 69.6 Å². The lowest BCUT2D eigenvalue weighted by atomic mass is 9.83. The van der Waals surface area contributed by atoms with E-state index in [1.165, 1.54) is 12.1 Å². The van der Waals surface area contributed by atoms with Crippen LogP contribution < -0.4 is 15.5 Å². The standard InChI is InChI=1S/C41H53FN6O5/c1-29-22-47(35(23-45(29)4)24-46-18-19-52-26-30(46)2)25-38(49)48-28-41(3,36-15-12-33(21-37(36)48)20-31-10-13-34(42)14-11-31)39(50)43-16-17-44-40(51)53-27-32-8-6-5-7-9-32/h5-15,21,29-30,35H,16-20,22-28H2,1-4H3,(H,43,50)(H,44,51)/t29?,30?,35-,41?/m1/s1. The Kier molecular flexibility index (Phi) is 12.4. The molecule has 284 valence electrons. The predicted molar refractivity (Wildman–Crippen MR) is 202 cm³/mol. The first-order valence-electron chi connectivity index (χ1n) is 18.7. The van der Waals surface area contributed by atoms with Crippen molar-refractivity contribution in [2.45, 2.75) is 57.3 Å². The number of nitrogens with one attached hydrogen (secondary N) is 2. The molecule has 3 amide bonds. The molecule has 3 aliphatic rings. The fraction of sp³-hybridized carbons (Fsp3) is 0.488. The van der Waals surface area contributed by atoms with E-state index < -0.39 is 11.5 Å². The normalized spacial score (nSPS) is 23.7. The van der Waals surface area contributed by atoms with Crippen molar-refractivity contribution in [2.75, 3.05) is 77.5 Å². The summed E-state index contributed by atoms with van der Waals surface area (Å²) in [7, 11) is 2.15. The summed E-state index contributed by atoms with van der Waals surface area (Å²) in [6, 6.07) is 22.5. The number of ether oxygens (including phenoxy) is 2. The van der Waals surface area contributed by atoms with E-state index in [9.17, 15) is 18.8 Å². The zero-order chi connectivity index (χ0) is 37.5. The first kappa shape index (κ1) is 38.4. The summed E-state index contributed by atoms with van der Waals surface area (Å²) in [6.45, 7) is 12.0. The average Bonchev–Trinajstić information content (AvgIpc) is 3.46. The molecule has 0 radical (unpaired) electrons. The number of carbonyl (C=O) groups is 3. The Morgan fingerprint density at radius 3 is 2.40 bits per heavy atom. The van der Waals surface area contributed by atoms with Gasteiger partial charge in [-0.3, -0.25) is 19.4 Å². The Morgan fingerprint density at radius 2 is 1.64 bits per heavy atom. The Hall–Kier alpha value is -4.36. The lowest BCUT2D eigenvalue weighted by Crippen LogP contribution is -2.62. The second-order valence-electron chi connectivity index (χ2n) is 15.0. The number of piperazine rings is 1. The predicted octanol–water partition coefficient (Wildman–Crippen LogP) is 3.79. The topological polar surface area (TPSA) is 107 Å². The number of anilines is 1. The van der Waals surface area contributed by atoms with Crippen LogP contribution in [0.2, 0.25) is 0 Å². The van der Waals surface area contributed by atoms with Crippen molar-refractivity contribution < 1.29 is 28.2 Å². The average molecular weight is 729 g/mol. The molecule has 3 aromatic carbocycles. The minimum atomic E-state index is -1.02. The molecule has 0 aliphatic carbocycles. The smallest absolute Gasteiger partial charge is 0.407 e. The molecule has 3 unspecified atom stereocenters. The van der Waals surface area contributed by atoms with Crippen LogP contribution in [-0.2, 0) is 37.5 Å². The molecular weight excluding hydrogens is 675 g/mol. The second kappa shape index (κ2) is 17.2. The number of halogens is 1. The molecule has 4 atom stereocenters. The van der Waals surface area contributed by atoms with Crippen molar-refractivity contribution in [1.82, 2.24) is 25.3 Å². The summed E-state index contributed by atoms with van der Waals surface area (Å²) in [5.74, 6) is -0.575. The lowest BCUT2D eigenvalue weighted by Gasteiger charge is -2.46. The number of hydrogen-bond acceptors (Lipinski definition) is 8. The molecule has 0 aromatic heterocycles. The maximum Gasteiger partial charge on any atom is 0.407 e. The number of carbonyl (C=O) groups excluding carboxylic acids is 3. The molecule has 2 N–H and O–H groups in total. The van der Waals surface area contributed by atoms with Gasteiger partial charge in [-0.1, -0.05) is 54.6 Å². The number of likely N-dealkylation sites (N-methyl/N-ethyl adjacent to an activating group) is 1. The quantitative estimate of drug-likeness (QED) is 0.272. The monoisotopic (exact) mass is 728 g/mol. The molecule has 2 saturated heterocycles. The molecule has 3 aromatic rings. The molecule has 12 heteroatoms. The van der Waals surface area contributed by atoms with Crippen LogP contribution in [0.4, 0.5) is 14.9 Å². The van der Waals surface area contributed by atoms with E-state index >= 15 is 0 Å². The summed E-state index contributed by atoms with van der Waals surface area (Å²) in [6.07, 6.45) is -0.00839. The largest absolute Gasteiger partial charge is 0.445 e. The minimum Gasteiger partial charge on any atom is -0.445 e. The first-order valence-corrected chi connectivity index (χ1v) is 18.7. The number of morpholine rings is 1. The number of fused-ring (bicyclic) bond motifs is 1. The van der Waals surface area contributed by atoms with E-state index in [0.29, 0.717) is 25.7 Å². The zero-order valence-corrected chi connectivity index (χ0v) is 31.4. The van der Waals surface area contributed by atoms with Crippen molar-refractivity contribution in [3.05, 3.63) is 101 Å². The third kappa shape index (κ3) is 9.42. The molecule has 6 rings (SSSR count). The van der Waals surface area contributed by atoms with E-state index in [1.807, 2.05) is 55.5 Å². The van der Waals surface area contributed by atoms with Gasteiger partial charge >= 0.3 is 6.09 Å². The van der Waals surface area contributed by atoms with Crippen molar-refractivity contribution in [3.8, 4) is 0 Å². The van der Waals surface area contributed by atoms with Gasteiger partial charge in [0.25, 0.3) is 0 Å². The fourth-order valence-electron chi connectivity index (χ4n) is 7.61. The molecule has 0 bridgehead atoms. The number of alkyl carbamates (subject to hydrolysis) is 1. The maximum atomic E-state index is 14.5. The van der Waals surface area contributed by atoms with Gasteiger partial charge in [0.15, 0.2) is 0 Å². The third-order valence-electron chi connectivity index (χ3n) is 11.0. The van der Waals surface area contributed by atoms with Crippen molar-refractivity contribution in [3.63, 3.8) is 0 Å². The lowest BCUT2D eigenvalue weighted by molar-refractivity contribution is -0.126. The van der Waals surface area contributed by atoms with E-state index in [0.717, 1.165) is 54.1 Å². The Morgan fingerprint density at radius 1 is 0.906 bits per heavy atom. The van der Waals surface area contributed by atoms with Gasteiger partial charge in [-0.15, -0.1) is 0 Å². The van der Waals surface area contributed by atoms with Gasteiger partial charge in [-0.05, 0) is 74.7 Å². The maximum absolute atomic E-state index is 14.5. The SMILES string of the molecule is CC1CN(CC(=O)N2CC(C)(C(=O)NCCNC(=O)OCc3ccccc3)c3ccc(Cc4ccc(F)cc4)cc32)[C@@H](CN2CCOCC2C)CN1C. The Balaban J connectivity index is 1.16. The summed E-state index contributed by atoms with van der Waals surface area (Å²) >= 11 is 0. The van der Waals surface area contributed by atoms with Gasteiger partial charge in [0.05, 0.1) is 25.2 Å². The van der Waals surface area contributed by atoms with Crippen LogP contribution in [0.1, 0.15) is 43.0 Å². The molecule has 11 nitrogen and oxygen atoms in total. The van der Waals surface area contributed by atoms with Crippen LogP contribution in [0.15, 0.2) is 72.8 Å². The van der Waals surface area contributed by atoms with Gasteiger partial charge in [-0.25, -0.2) is 9.18 Å². The highest BCUT2D eigenvalue weighted by Crippen LogP contribution is 2.42. The zero-order valence-electron chi connectivity index (χ0n) is 31.4. The number of nitrogens with zero attached hydrogens (tertiary/aromatic N) is 4. The number of amides is 3. The third-order valence-corrected chi connectivity index (χ3v) is 11.0. The molecule has 2 fully saturated rings. The molecule has 0 spiro atoms. The van der Waals surface area contributed by atoms with Gasteiger partial charge in [0.2, 0.25) is 11.8 Å². The van der Waals surface area contributed by atoms with Crippen molar-refractivity contribution in [2.24, 2.45) is 0 Å². The highest BCUT2D eigenvalue weighted by molar-refractivity contribution is 6.03. The van der Waals surface area contributed by atoms with E-state index in [-0.39, 0.29) is 62.5 Å². The van der Waals surface area contributed by atoms with Crippen LogP contribution in [-0.4, -0.2) is 123 Å². The van der Waals surface area contributed by atoms with Crippen LogP contribution in [0.25, 0.3) is 0 Å². The summed E-state index contributed by atoms with van der Waals surface area (Å²) in [4.78, 5) is 49.6. The summed E-state index contributed by atoms with van der Waals surface area (Å²) in [5.41, 5.74) is 3.26. The van der Waals surface area contributed by atoms with Crippen LogP contribution >= 0.6 is 0 Å². The van der Waals surface area contributed by atoms with E-state index in [4.69, 9.17) is 9.47 Å². The molecule has 3 heterocycles. The minimum absolute atomic E-state index is 0.0543. The van der Waals surface area contributed by atoms with Crippen molar-refractivity contribution in [1.29, 1.82) is 0 Å². The molecule has 3 aliphatic heterocycles. The number of benzene rings is 3. The first-order chi connectivity index (χ1) is 25.5. The van der Waals surface area contributed by atoms with Gasteiger partial charge in [-0.2, -0.15) is 0 Å². The molecular formula is C41H53FN6O5. The molecule has 0 saturated carbocycles. The van der Waals surface area contributed by atoms with Crippen LogP contribution in [0.5, 0.6) is 0 Å². The Labute approximate surface area is 312 Å². The van der Waals surface area contributed by atoms with Gasteiger partial charge < -0.3 is 29.9 Å². The summed E-state index contributed by atoms with van der Waals surface area (Å²) in [5, 5.41) is 5.69.